The van der Waals surface area contributed by atoms with E-state index in [1.54, 1.807) is 0 Å². The van der Waals surface area contributed by atoms with E-state index in [9.17, 15) is 0 Å². The summed E-state index contributed by atoms with van der Waals surface area (Å²) >= 11 is 0. The third-order valence-corrected chi connectivity index (χ3v) is 1.73. The van der Waals surface area contributed by atoms with E-state index in [1.807, 2.05) is 45.0 Å². The summed E-state index contributed by atoms with van der Waals surface area (Å²) in [7, 11) is 0. The molecule has 1 unspecified atom stereocenters. The third kappa shape index (κ3) is 3.48. The van der Waals surface area contributed by atoms with Gasteiger partial charge in [0.25, 0.3) is 0 Å². The van der Waals surface area contributed by atoms with Gasteiger partial charge in [0.1, 0.15) is 0 Å². The molecule has 0 N–H and O–H groups in total. The van der Waals surface area contributed by atoms with Crippen LogP contribution in [0, 0.1) is 6.07 Å². The minimum Gasteiger partial charge on any atom is -0.349 e. The summed E-state index contributed by atoms with van der Waals surface area (Å²) in [5, 5.41) is 0. The van der Waals surface area contributed by atoms with Crippen molar-refractivity contribution in [2.45, 2.75) is 33.2 Å². The van der Waals surface area contributed by atoms with Crippen molar-refractivity contribution in [2.75, 3.05) is 6.61 Å². The average molecular weight is 193 g/mol. The molecule has 0 fully saturated rings. The van der Waals surface area contributed by atoms with Crippen LogP contribution in [0.25, 0.3) is 0 Å². The monoisotopic (exact) mass is 193 g/mol. The Hall–Kier alpha value is -0.860. The number of hydrogen-bond acceptors (Lipinski definition) is 2. The van der Waals surface area contributed by atoms with E-state index in [-0.39, 0.29) is 12.4 Å². The molecular formula is C12H17O2. The molecule has 0 amide bonds. The van der Waals surface area contributed by atoms with Gasteiger partial charge in [-0.1, -0.05) is 24.3 Å². The summed E-state index contributed by atoms with van der Waals surface area (Å²) in [5.74, 6) is 0. The first kappa shape index (κ1) is 11.2. The fourth-order valence-corrected chi connectivity index (χ4v) is 1.17. The Balaban J connectivity index is 2.67. The molecule has 0 aliphatic carbocycles. The summed E-state index contributed by atoms with van der Waals surface area (Å²) in [4.78, 5) is 0. The van der Waals surface area contributed by atoms with Crippen molar-refractivity contribution in [3.63, 3.8) is 0 Å². The van der Waals surface area contributed by atoms with Crippen molar-refractivity contribution in [3.05, 3.63) is 35.9 Å². The zero-order valence-corrected chi connectivity index (χ0v) is 8.99. The van der Waals surface area contributed by atoms with Gasteiger partial charge in [-0.2, -0.15) is 0 Å². The molecule has 1 rings (SSSR count). The van der Waals surface area contributed by atoms with Gasteiger partial charge in [0.05, 0.1) is 6.10 Å². The minimum absolute atomic E-state index is 0.163. The van der Waals surface area contributed by atoms with E-state index in [0.29, 0.717) is 6.61 Å². The van der Waals surface area contributed by atoms with Crippen LogP contribution in [0.2, 0.25) is 0 Å². The van der Waals surface area contributed by atoms with E-state index >= 15 is 0 Å². The highest BCUT2D eigenvalue weighted by atomic mass is 16.7. The Morgan fingerprint density at radius 3 is 2.43 bits per heavy atom. The predicted octanol–water partition coefficient (Wildman–Crippen LogP) is 2.95. The van der Waals surface area contributed by atoms with Gasteiger partial charge < -0.3 is 9.47 Å². The lowest BCUT2D eigenvalue weighted by Crippen LogP contribution is -2.13. The first-order chi connectivity index (χ1) is 6.74. The molecule has 2 heteroatoms. The van der Waals surface area contributed by atoms with E-state index < -0.39 is 0 Å². The molecule has 0 saturated carbocycles. The standard InChI is InChI=1S/C12H17O2/c1-4-13-12(14-10(2)3)11-8-6-5-7-9-11/h6-10,12H,4H2,1-3H3. The molecular weight excluding hydrogens is 176 g/mol. The Kier molecular flexibility index (Phi) is 4.63. The Morgan fingerprint density at radius 2 is 1.93 bits per heavy atom. The van der Waals surface area contributed by atoms with Crippen molar-refractivity contribution in [1.82, 2.24) is 0 Å². The second-order valence-corrected chi connectivity index (χ2v) is 3.31. The first-order valence-electron chi connectivity index (χ1n) is 4.97. The number of ether oxygens (including phenoxy) is 2. The molecule has 77 valence electrons. The van der Waals surface area contributed by atoms with Gasteiger partial charge in [-0.05, 0) is 26.8 Å². The van der Waals surface area contributed by atoms with Gasteiger partial charge in [0, 0.05) is 12.2 Å². The summed E-state index contributed by atoms with van der Waals surface area (Å²) in [5.41, 5.74) is 1.04. The SMILES string of the molecule is CCOC(OC(C)C)c1cc[c]cc1. The van der Waals surface area contributed by atoms with Gasteiger partial charge in [0.15, 0.2) is 6.29 Å². The van der Waals surface area contributed by atoms with E-state index in [4.69, 9.17) is 9.47 Å². The molecule has 0 aliphatic heterocycles. The Bertz CT molecular complexity index is 244. The second-order valence-electron chi connectivity index (χ2n) is 3.31. The maximum absolute atomic E-state index is 5.64. The summed E-state index contributed by atoms with van der Waals surface area (Å²) < 4.78 is 11.1. The van der Waals surface area contributed by atoms with Crippen LogP contribution in [-0.4, -0.2) is 12.7 Å². The highest BCUT2D eigenvalue weighted by Gasteiger charge is 2.12. The zero-order chi connectivity index (χ0) is 10.4. The fourth-order valence-electron chi connectivity index (χ4n) is 1.17. The smallest absolute Gasteiger partial charge is 0.184 e. The van der Waals surface area contributed by atoms with Crippen LogP contribution in [0.3, 0.4) is 0 Å². The second kappa shape index (κ2) is 5.78. The van der Waals surface area contributed by atoms with Crippen molar-refractivity contribution in [3.8, 4) is 0 Å². The average Bonchev–Trinajstić information content (AvgIpc) is 2.18. The van der Waals surface area contributed by atoms with E-state index in [0.717, 1.165) is 5.56 Å². The maximum atomic E-state index is 5.64. The lowest BCUT2D eigenvalue weighted by atomic mass is 10.2. The molecule has 0 aliphatic rings. The lowest BCUT2D eigenvalue weighted by Gasteiger charge is -2.20. The molecule has 0 aromatic heterocycles. The summed E-state index contributed by atoms with van der Waals surface area (Å²) in [6.07, 6.45) is -0.0923. The fraction of sp³-hybridized carbons (Fsp3) is 0.500. The third-order valence-electron chi connectivity index (χ3n) is 1.73. The molecule has 2 nitrogen and oxygen atoms in total. The highest BCUT2D eigenvalue weighted by molar-refractivity contribution is 5.15. The highest BCUT2D eigenvalue weighted by Crippen LogP contribution is 2.19. The quantitative estimate of drug-likeness (QED) is 0.669. The molecule has 0 saturated heterocycles. The number of rotatable bonds is 5. The minimum atomic E-state index is -0.255. The van der Waals surface area contributed by atoms with Gasteiger partial charge in [-0.25, -0.2) is 0 Å². The number of hydrogen-bond donors (Lipinski definition) is 0. The van der Waals surface area contributed by atoms with Crippen molar-refractivity contribution in [1.29, 1.82) is 0 Å². The van der Waals surface area contributed by atoms with Crippen LogP contribution < -0.4 is 0 Å². The van der Waals surface area contributed by atoms with Crippen LogP contribution in [-0.2, 0) is 9.47 Å². The van der Waals surface area contributed by atoms with Crippen molar-refractivity contribution in [2.24, 2.45) is 0 Å². The van der Waals surface area contributed by atoms with Gasteiger partial charge in [-0.15, -0.1) is 0 Å². The summed E-state index contributed by atoms with van der Waals surface area (Å²) in [6, 6.07) is 10.6. The van der Waals surface area contributed by atoms with Crippen molar-refractivity contribution < 1.29 is 9.47 Å². The molecule has 0 spiro atoms. The van der Waals surface area contributed by atoms with Crippen LogP contribution in [0.1, 0.15) is 32.6 Å². The van der Waals surface area contributed by atoms with Gasteiger partial charge in [-0.3, -0.25) is 0 Å². The molecule has 1 aromatic rings. The maximum Gasteiger partial charge on any atom is 0.184 e. The van der Waals surface area contributed by atoms with Gasteiger partial charge in [0.2, 0.25) is 0 Å². The Labute approximate surface area is 85.8 Å². The van der Waals surface area contributed by atoms with E-state index in [1.165, 1.54) is 0 Å². The van der Waals surface area contributed by atoms with E-state index in [2.05, 4.69) is 6.07 Å². The molecule has 1 radical (unpaired) electrons. The normalized spacial score (nSPS) is 13.1. The lowest BCUT2D eigenvalue weighted by molar-refractivity contribution is -0.164. The van der Waals surface area contributed by atoms with Crippen LogP contribution in [0.15, 0.2) is 24.3 Å². The van der Waals surface area contributed by atoms with Crippen LogP contribution in [0.4, 0.5) is 0 Å². The largest absolute Gasteiger partial charge is 0.349 e. The number of benzene rings is 1. The topological polar surface area (TPSA) is 18.5 Å². The van der Waals surface area contributed by atoms with Crippen molar-refractivity contribution >= 4 is 0 Å². The molecule has 1 atom stereocenters. The first-order valence-corrected chi connectivity index (χ1v) is 4.97. The predicted molar refractivity (Wildman–Crippen MR) is 55.9 cm³/mol. The molecule has 14 heavy (non-hydrogen) atoms. The molecule has 1 aromatic carbocycles. The van der Waals surface area contributed by atoms with Gasteiger partial charge >= 0.3 is 0 Å². The van der Waals surface area contributed by atoms with Crippen LogP contribution in [0.5, 0.6) is 0 Å². The van der Waals surface area contributed by atoms with Crippen LogP contribution >= 0.6 is 0 Å². The molecule has 0 bridgehead atoms. The molecule has 0 heterocycles. The summed E-state index contributed by atoms with van der Waals surface area (Å²) in [6.45, 7) is 6.61. The zero-order valence-electron chi connectivity index (χ0n) is 8.99. The Morgan fingerprint density at radius 1 is 1.29 bits per heavy atom.